The molecule has 1 fully saturated rings. The molecule has 0 N–H and O–H groups in total. The second-order valence-electron chi connectivity index (χ2n) is 6.65. The fourth-order valence-corrected chi connectivity index (χ4v) is 3.16. The first-order chi connectivity index (χ1) is 12.2. The van der Waals surface area contributed by atoms with Gasteiger partial charge >= 0.3 is 0 Å². The number of amides is 1. The summed E-state index contributed by atoms with van der Waals surface area (Å²) in [4.78, 5) is 21.4. The Morgan fingerprint density at radius 1 is 1.24 bits per heavy atom. The van der Waals surface area contributed by atoms with Crippen LogP contribution in [0.15, 0.2) is 28.8 Å². The molecule has 0 bridgehead atoms. The van der Waals surface area contributed by atoms with Crippen LogP contribution in [-0.2, 0) is 13.0 Å². The van der Waals surface area contributed by atoms with Gasteiger partial charge in [0.25, 0.3) is 5.91 Å². The molecule has 134 valence electrons. The Hall–Kier alpha value is -2.21. The van der Waals surface area contributed by atoms with E-state index in [1.54, 1.807) is 0 Å². The topological polar surface area (TPSA) is 62.5 Å². The zero-order valence-corrected chi connectivity index (χ0v) is 15.1. The van der Waals surface area contributed by atoms with Gasteiger partial charge in [-0.3, -0.25) is 9.69 Å². The minimum absolute atomic E-state index is 0.119. The summed E-state index contributed by atoms with van der Waals surface area (Å²) in [5, 5.41) is 4.01. The van der Waals surface area contributed by atoms with Crippen molar-refractivity contribution in [1.29, 1.82) is 0 Å². The molecule has 1 aliphatic heterocycles. The third kappa shape index (κ3) is 4.66. The summed E-state index contributed by atoms with van der Waals surface area (Å²) in [6.07, 6.45) is 2.81. The summed E-state index contributed by atoms with van der Waals surface area (Å²) in [7, 11) is 0. The largest absolute Gasteiger partial charge is 0.338 e. The van der Waals surface area contributed by atoms with Crippen LogP contribution in [0, 0.1) is 6.92 Å². The molecule has 2 heterocycles. The zero-order valence-electron chi connectivity index (χ0n) is 15.1. The molecule has 1 amide bonds. The molecule has 1 aromatic carbocycles. The number of carbonyl (C=O) groups is 1. The van der Waals surface area contributed by atoms with Gasteiger partial charge in [0.1, 0.15) is 0 Å². The van der Waals surface area contributed by atoms with Gasteiger partial charge in [-0.25, -0.2) is 0 Å². The number of rotatable bonds is 5. The smallest absolute Gasteiger partial charge is 0.253 e. The average molecular weight is 342 g/mol. The molecule has 6 nitrogen and oxygen atoms in total. The zero-order chi connectivity index (χ0) is 17.6. The summed E-state index contributed by atoms with van der Waals surface area (Å²) < 4.78 is 5.33. The Labute approximate surface area is 148 Å². The second-order valence-corrected chi connectivity index (χ2v) is 6.65. The van der Waals surface area contributed by atoms with Crippen LogP contribution in [0.5, 0.6) is 0 Å². The molecular weight excluding hydrogens is 316 g/mol. The van der Waals surface area contributed by atoms with Gasteiger partial charge in [0, 0.05) is 38.2 Å². The Morgan fingerprint density at radius 3 is 2.92 bits per heavy atom. The lowest BCUT2D eigenvalue weighted by atomic mass is 10.1. The van der Waals surface area contributed by atoms with Gasteiger partial charge in [0.2, 0.25) is 5.89 Å². The van der Waals surface area contributed by atoms with Crippen LogP contribution in [0.2, 0.25) is 0 Å². The lowest BCUT2D eigenvalue weighted by molar-refractivity contribution is 0.0760. The van der Waals surface area contributed by atoms with E-state index in [1.807, 2.05) is 36.1 Å². The molecule has 0 unspecified atom stereocenters. The molecule has 0 radical (unpaired) electrons. The van der Waals surface area contributed by atoms with Crippen LogP contribution in [0.25, 0.3) is 0 Å². The quantitative estimate of drug-likeness (QED) is 0.836. The lowest BCUT2D eigenvalue weighted by Gasteiger charge is -2.21. The van der Waals surface area contributed by atoms with Gasteiger partial charge < -0.3 is 9.42 Å². The Kier molecular flexibility index (Phi) is 5.81. The fraction of sp³-hybridized carbons (Fsp3) is 0.526. The number of hydrogen-bond acceptors (Lipinski definition) is 5. The van der Waals surface area contributed by atoms with E-state index in [9.17, 15) is 4.79 Å². The van der Waals surface area contributed by atoms with Crippen LogP contribution >= 0.6 is 0 Å². The maximum absolute atomic E-state index is 12.7. The summed E-state index contributed by atoms with van der Waals surface area (Å²) in [6, 6.07) is 7.80. The summed E-state index contributed by atoms with van der Waals surface area (Å²) in [5.41, 5.74) is 1.89. The monoisotopic (exact) mass is 342 g/mol. The number of nitrogens with zero attached hydrogens (tertiary/aromatic N) is 4. The van der Waals surface area contributed by atoms with Crippen LogP contribution in [-0.4, -0.2) is 52.0 Å². The van der Waals surface area contributed by atoms with Crippen molar-refractivity contribution in [2.45, 2.75) is 39.7 Å². The molecule has 2 aromatic rings. The SMILES string of the molecule is CCCc1noc(CN2CCCN(C(=O)c3cccc(C)c3)CC2)n1. The number of aromatic nitrogens is 2. The van der Waals surface area contributed by atoms with E-state index in [0.29, 0.717) is 12.4 Å². The number of hydrogen-bond donors (Lipinski definition) is 0. The molecule has 0 atom stereocenters. The van der Waals surface area contributed by atoms with E-state index >= 15 is 0 Å². The van der Waals surface area contributed by atoms with Gasteiger partial charge in [-0.15, -0.1) is 0 Å². The van der Waals surface area contributed by atoms with Gasteiger partial charge in [0.15, 0.2) is 5.82 Å². The fourth-order valence-electron chi connectivity index (χ4n) is 3.16. The Bertz CT molecular complexity index is 713. The number of aryl methyl sites for hydroxylation is 2. The predicted octanol–water partition coefficient (Wildman–Crippen LogP) is 2.68. The predicted molar refractivity (Wildman–Crippen MR) is 95.3 cm³/mol. The Balaban J connectivity index is 1.57. The molecule has 0 saturated carbocycles. The van der Waals surface area contributed by atoms with Crippen molar-refractivity contribution < 1.29 is 9.32 Å². The molecule has 0 aliphatic carbocycles. The van der Waals surface area contributed by atoms with E-state index in [2.05, 4.69) is 22.0 Å². The van der Waals surface area contributed by atoms with Crippen molar-refractivity contribution in [2.75, 3.05) is 26.2 Å². The molecule has 1 aromatic heterocycles. The second kappa shape index (κ2) is 8.25. The molecule has 25 heavy (non-hydrogen) atoms. The normalized spacial score (nSPS) is 16.0. The summed E-state index contributed by atoms with van der Waals surface area (Å²) in [5.74, 6) is 1.57. The molecular formula is C19H26N4O2. The molecule has 3 rings (SSSR count). The van der Waals surface area contributed by atoms with Crippen molar-refractivity contribution in [2.24, 2.45) is 0 Å². The van der Waals surface area contributed by atoms with Crippen molar-refractivity contribution in [3.63, 3.8) is 0 Å². The molecule has 1 saturated heterocycles. The highest BCUT2D eigenvalue weighted by atomic mass is 16.5. The van der Waals surface area contributed by atoms with E-state index in [0.717, 1.165) is 62.4 Å². The first-order valence-electron chi connectivity index (χ1n) is 9.05. The van der Waals surface area contributed by atoms with E-state index in [4.69, 9.17) is 4.52 Å². The van der Waals surface area contributed by atoms with Crippen molar-refractivity contribution >= 4 is 5.91 Å². The third-order valence-electron chi connectivity index (χ3n) is 4.48. The minimum Gasteiger partial charge on any atom is -0.338 e. The van der Waals surface area contributed by atoms with E-state index in [1.165, 1.54) is 0 Å². The first kappa shape index (κ1) is 17.6. The van der Waals surface area contributed by atoms with Crippen LogP contribution in [0.4, 0.5) is 0 Å². The van der Waals surface area contributed by atoms with Crippen molar-refractivity contribution in [1.82, 2.24) is 19.9 Å². The maximum atomic E-state index is 12.7. The highest BCUT2D eigenvalue weighted by Gasteiger charge is 2.21. The Morgan fingerprint density at radius 2 is 2.12 bits per heavy atom. The lowest BCUT2D eigenvalue weighted by Crippen LogP contribution is -2.35. The van der Waals surface area contributed by atoms with Crippen molar-refractivity contribution in [3.05, 3.63) is 47.1 Å². The minimum atomic E-state index is 0.119. The first-order valence-corrected chi connectivity index (χ1v) is 9.05. The van der Waals surface area contributed by atoms with Crippen LogP contribution in [0.1, 0.15) is 47.4 Å². The van der Waals surface area contributed by atoms with Gasteiger partial charge in [0.05, 0.1) is 6.54 Å². The standard InChI is InChI=1S/C19H26N4O2/c1-3-6-17-20-18(25-21-17)14-22-9-5-10-23(12-11-22)19(24)16-8-4-7-15(2)13-16/h4,7-8,13H,3,5-6,9-12,14H2,1-2H3. The summed E-state index contributed by atoms with van der Waals surface area (Å²) in [6.45, 7) is 8.04. The molecule has 0 spiro atoms. The number of benzene rings is 1. The average Bonchev–Trinajstić information content (AvgIpc) is 2.90. The van der Waals surface area contributed by atoms with E-state index in [-0.39, 0.29) is 5.91 Å². The van der Waals surface area contributed by atoms with Gasteiger partial charge in [-0.1, -0.05) is 29.8 Å². The number of carbonyl (C=O) groups excluding carboxylic acids is 1. The highest BCUT2D eigenvalue weighted by Crippen LogP contribution is 2.13. The molecule has 6 heteroatoms. The van der Waals surface area contributed by atoms with E-state index < -0.39 is 0 Å². The van der Waals surface area contributed by atoms with Crippen molar-refractivity contribution in [3.8, 4) is 0 Å². The highest BCUT2D eigenvalue weighted by molar-refractivity contribution is 5.94. The van der Waals surface area contributed by atoms with Crippen LogP contribution in [0.3, 0.4) is 0 Å². The van der Waals surface area contributed by atoms with Crippen LogP contribution < -0.4 is 0 Å². The maximum Gasteiger partial charge on any atom is 0.253 e. The third-order valence-corrected chi connectivity index (χ3v) is 4.48. The van der Waals surface area contributed by atoms with Gasteiger partial charge in [-0.05, 0) is 31.9 Å². The van der Waals surface area contributed by atoms with Gasteiger partial charge in [-0.2, -0.15) is 4.98 Å². The molecule has 1 aliphatic rings. The summed E-state index contributed by atoms with van der Waals surface area (Å²) >= 11 is 0.